The van der Waals surface area contributed by atoms with Crippen molar-refractivity contribution in [3.63, 3.8) is 0 Å². The molecule has 42 heavy (non-hydrogen) atoms. The summed E-state index contributed by atoms with van der Waals surface area (Å²) in [5, 5.41) is 0. The molecule has 0 saturated carbocycles. The van der Waals surface area contributed by atoms with E-state index in [1.165, 1.54) is 180 Å². The minimum atomic E-state index is -2.95. The zero-order valence-electron chi connectivity index (χ0n) is 29.4. The molecular weight excluding hydrogens is 535 g/mol. The van der Waals surface area contributed by atoms with Crippen molar-refractivity contribution < 1.29 is 13.6 Å². The second-order valence-electron chi connectivity index (χ2n) is 13.3. The lowest BCUT2D eigenvalue weighted by atomic mass is 10.0. The molecule has 0 radical (unpaired) electrons. The normalized spacial score (nSPS) is 12.0. The van der Waals surface area contributed by atoms with Crippen LogP contribution in [0.1, 0.15) is 226 Å². The molecule has 0 unspecified atom stereocenters. The maximum absolute atomic E-state index is 13.5. The van der Waals surface area contributed by atoms with E-state index in [1.807, 2.05) is 0 Å². The molecule has 0 aliphatic rings. The first-order valence-corrected chi connectivity index (χ1v) is 21.3. The van der Waals surface area contributed by atoms with E-state index in [4.69, 9.17) is 9.05 Å². The molecule has 4 heteroatoms. The molecule has 0 N–H and O–H groups in total. The minimum absolute atomic E-state index is 0.600. The van der Waals surface area contributed by atoms with Crippen LogP contribution in [0.15, 0.2) is 0 Å². The van der Waals surface area contributed by atoms with Gasteiger partial charge in [0, 0.05) is 0 Å². The molecule has 254 valence electrons. The fourth-order valence-corrected chi connectivity index (χ4v) is 7.66. The molecule has 0 aliphatic heterocycles. The van der Waals surface area contributed by atoms with Gasteiger partial charge in [0.1, 0.15) is 0 Å². The second kappa shape index (κ2) is 35.6. The molecule has 0 atom stereocenters. The first-order chi connectivity index (χ1) is 20.7. The molecule has 0 fully saturated rings. The molecule has 3 nitrogen and oxygen atoms in total. The summed E-state index contributed by atoms with van der Waals surface area (Å²) in [6, 6.07) is 0. The summed E-state index contributed by atoms with van der Waals surface area (Å²) in [6.45, 7) is 8.03. The Morgan fingerprint density at radius 3 is 0.786 bits per heavy atom. The van der Waals surface area contributed by atoms with Gasteiger partial charge in [0.05, 0.1) is 19.4 Å². The van der Waals surface area contributed by atoms with Gasteiger partial charge in [0.2, 0.25) is 0 Å². The summed E-state index contributed by atoms with van der Waals surface area (Å²) in [5.41, 5.74) is 0. The Morgan fingerprint density at radius 2 is 0.524 bits per heavy atom. The molecule has 0 heterocycles. The predicted octanol–water partition coefficient (Wildman–Crippen LogP) is 14.8. The van der Waals surface area contributed by atoms with E-state index in [9.17, 15) is 4.57 Å². The molecule has 0 aliphatic carbocycles. The van der Waals surface area contributed by atoms with Crippen molar-refractivity contribution in [3.8, 4) is 0 Å². The Hall–Kier alpha value is 0.150. The van der Waals surface area contributed by atoms with Crippen LogP contribution in [-0.4, -0.2) is 19.4 Å². The van der Waals surface area contributed by atoms with Gasteiger partial charge in [-0.15, -0.1) is 0 Å². The molecule has 0 bridgehead atoms. The summed E-state index contributed by atoms with van der Waals surface area (Å²) < 4.78 is 25.5. The van der Waals surface area contributed by atoms with Crippen LogP contribution in [-0.2, 0) is 13.6 Å². The highest BCUT2D eigenvalue weighted by Crippen LogP contribution is 2.49. The third-order valence-corrected chi connectivity index (χ3v) is 10.9. The monoisotopic (exact) mass is 615 g/mol. The van der Waals surface area contributed by atoms with Crippen LogP contribution in [0.3, 0.4) is 0 Å². The van der Waals surface area contributed by atoms with Gasteiger partial charge in [-0.25, -0.2) is 0 Å². The SMILES string of the molecule is CCCCCCCCCCCCCCCCCCP(=O)(OCCCCCCCCCC)OCCCCCCCCCC. The Kier molecular flexibility index (Phi) is 35.8. The van der Waals surface area contributed by atoms with Crippen molar-refractivity contribution in [2.45, 2.75) is 226 Å². The highest BCUT2D eigenvalue weighted by atomic mass is 31.2. The molecule has 0 aromatic rings. The van der Waals surface area contributed by atoms with Crippen LogP contribution in [0.5, 0.6) is 0 Å². The van der Waals surface area contributed by atoms with E-state index in [0.717, 1.165) is 25.7 Å². The predicted molar refractivity (Wildman–Crippen MR) is 189 cm³/mol. The fourth-order valence-electron chi connectivity index (χ4n) is 5.90. The Labute approximate surface area is 266 Å². The van der Waals surface area contributed by atoms with Crippen LogP contribution < -0.4 is 0 Å². The van der Waals surface area contributed by atoms with Gasteiger partial charge in [-0.2, -0.15) is 0 Å². The molecule has 0 saturated heterocycles. The smallest absolute Gasteiger partial charge is 0.309 e. The number of unbranched alkanes of at least 4 members (excludes halogenated alkanes) is 29. The Balaban J connectivity index is 3.97. The van der Waals surface area contributed by atoms with E-state index < -0.39 is 7.60 Å². The Morgan fingerprint density at radius 1 is 0.310 bits per heavy atom. The molecule has 0 spiro atoms. The molecular formula is C38H79O3P. The van der Waals surface area contributed by atoms with Crippen molar-refractivity contribution in [2.24, 2.45) is 0 Å². The van der Waals surface area contributed by atoms with E-state index in [-0.39, 0.29) is 0 Å². The summed E-state index contributed by atoms with van der Waals surface area (Å²) in [7, 11) is -2.95. The second-order valence-corrected chi connectivity index (χ2v) is 15.4. The minimum Gasteiger partial charge on any atom is -0.309 e. The molecule has 0 rings (SSSR count). The zero-order chi connectivity index (χ0) is 30.7. The standard InChI is InChI=1S/C38H79O3P/c1-4-7-10-13-16-19-20-21-22-23-24-25-26-29-32-35-38-42(39,40-36-33-30-27-17-14-11-8-5-2)41-37-34-31-28-18-15-12-9-6-3/h4-38H2,1-3H3. The lowest BCUT2D eigenvalue weighted by molar-refractivity contribution is 0.197. The van der Waals surface area contributed by atoms with Gasteiger partial charge < -0.3 is 9.05 Å². The van der Waals surface area contributed by atoms with E-state index in [0.29, 0.717) is 19.4 Å². The molecule has 0 aromatic heterocycles. The van der Waals surface area contributed by atoms with E-state index >= 15 is 0 Å². The van der Waals surface area contributed by atoms with Gasteiger partial charge in [0.15, 0.2) is 0 Å². The highest BCUT2D eigenvalue weighted by molar-refractivity contribution is 7.53. The lowest BCUT2D eigenvalue weighted by Crippen LogP contribution is -2.04. The summed E-state index contributed by atoms with van der Waals surface area (Å²) in [4.78, 5) is 0. The van der Waals surface area contributed by atoms with Crippen LogP contribution in [0.25, 0.3) is 0 Å². The van der Waals surface area contributed by atoms with Crippen LogP contribution >= 0.6 is 7.60 Å². The van der Waals surface area contributed by atoms with E-state index in [1.54, 1.807) is 0 Å². The average Bonchev–Trinajstić information content (AvgIpc) is 2.99. The quantitative estimate of drug-likeness (QED) is 0.0516. The van der Waals surface area contributed by atoms with Gasteiger partial charge in [-0.3, -0.25) is 4.57 Å². The number of rotatable bonds is 37. The lowest BCUT2D eigenvalue weighted by Gasteiger charge is -2.19. The third-order valence-electron chi connectivity index (χ3n) is 8.86. The van der Waals surface area contributed by atoms with Gasteiger partial charge in [-0.1, -0.05) is 207 Å². The molecule has 0 aromatic carbocycles. The van der Waals surface area contributed by atoms with Crippen molar-refractivity contribution >= 4 is 7.60 Å². The largest absolute Gasteiger partial charge is 0.330 e. The maximum atomic E-state index is 13.5. The summed E-state index contributed by atoms with van der Waals surface area (Å²) in [6.07, 6.45) is 42.7. The number of hydrogen-bond donors (Lipinski definition) is 0. The third kappa shape index (κ3) is 33.1. The van der Waals surface area contributed by atoms with Crippen molar-refractivity contribution in [3.05, 3.63) is 0 Å². The zero-order valence-corrected chi connectivity index (χ0v) is 30.3. The average molecular weight is 615 g/mol. The fraction of sp³-hybridized carbons (Fsp3) is 1.00. The first kappa shape index (κ1) is 42.1. The summed E-state index contributed by atoms with van der Waals surface area (Å²) >= 11 is 0. The molecule has 0 amide bonds. The van der Waals surface area contributed by atoms with Gasteiger partial charge in [0.25, 0.3) is 0 Å². The van der Waals surface area contributed by atoms with Crippen molar-refractivity contribution in [1.82, 2.24) is 0 Å². The Bertz CT molecular complexity index is 512. The van der Waals surface area contributed by atoms with E-state index in [2.05, 4.69) is 20.8 Å². The van der Waals surface area contributed by atoms with Crippen LogP contribution in [0.4, 0.5) is 0 Å². The highest BCUT2D eigenvalue weighted by Gasteiger charge is 2.23. The van der Waals surface area contributed by atoms with Crippen molar-refractivity contribution in [2.75, 3.05) is 19.4 Å². The van der Waals surface area contributed by atoms with Crippen LogP contribution in [0.2, 0.25) is 0 Å². The van der Waals surface area contributed by atoms with Gasteiger partial charge >= 0.3 is 7.60 Å². The van der Waals surface area contributed by atoms with Crippen molar-refractivity contribution in [1.29, 1.82) is 0 Å². The number of hydrogen-bond acceptors (Lipinski definition) is 3. The summed E-state index contributed by atoms with van der Waals surface area (Å²) in [5.74, 6) is 0. The first-order valence-electron chi connectivity index (χ1n) is 19.6. The van der Waals surface area contributed by atoms with Crippen LogP contribution in [0, 0.1) is 0 Å². The maximum Gasteiger partial charge on any atom is 0.330 e. The topological polar surface area (TPSA) is 35.5 Å². The van der Waals surface area contributed by atoms with Gasteiger partial charge in [-0.05, 0) is 19.3 Å².